The van der Waals surface area contributed by atoms with Crippen LogP contribution in [0.4, 0.5) is 15.9 Å². The molecule has 1 N–H and O–H groups in total. The van der Waals surface area contributed by atoms with Gasteiger partial charge in [0.05, 0.1) is 17.4 Å². The molecule has 0 atom stereocenters. The van der Waals surface area contributed by atoms with Gasteiger partial charge < -0.3 is 5.32 Å². The maximum atomic E-state index is 13.4. The van der Waals surface area contributed by atoms with Crippen LogP contribution in [0, 0.1) is 5.82 Å². The first-order chi connectivity index (χ1) is 7.16. The zero-order valence-corrected chi connectivity index (χ0v) is 10.3. The Bertz CT molecular complexity index is 490. The second-order valence-electron chi connectivity index (χ2n) is 2.65. The number of halogens is 3. The van der Waals surface area contributed by atoms with Gasteiger partial charge in [-0.2, -0.15) is 8.75 Å². The standard InChI is InChI=1S/C8H4BrClFN3S/c9-4-1-2-6(5(11)3-4)12-8-7(10)13-15-14-8/h1-3H,(H,12,14). The summed E-state index contributed by atoms with van der Waals surface area (Å²) in [6.45, 7) is 0. The molecule has 0 aliphatic heterocycles. The lowest BCUT2D eigenvalue weighted by Crippen LogP contribution is -1.94. The normalized spacial score (nSPS) is 10.3. The van der Waals surface area contributed by atoms with Crippen LogP contribution in [0.3, 0.4) is 0 Å². The van der Waals surface area contributed by atoms with Crippen LogP contribution >= 0.6 is 39.3 Å². The molecule has 0 spiro atoms. The van der Waals surface area contributed by atoms with Gasteiger partial charge >= 0.3 is 0 Å². The number of hydrogen-bond acceptors (Lipinski definition) is 4. The number of rotatable bonds is 2. The highest BCUT2D eigenvalue weighted by molar-refractivity contribution is 9.10. The van der Waals surface area contributed by atoms with Crippen LogP contribution in [0.2, 0.25) is 5.15 Å². The molecular formula is C8H4BrClFN3S. The summed E-state index contributed by atoms with van der Waals surface area (Å²) in [5, 5.41) is 2.99. The van der Waals surface area contributed by atoms with E-state index < -0.39 is 0 Å². The molecule has 2 rings (SSSR count). The van der Waals surface area contributed by atoms with Crippen molar-refractivity contribution in [1.82, 2.24) is 8.75 Å². The van der Waals surface area contributed by atoms with Crippen LogP contribution in [-0.4, -0.2) is 8.75 Å². The van der Waals surface area contributed by atoms with Gasteiger partial charge in [0.2, 0.25) is 0 Å². The Hall–Kier alpha value is -0.720. The van der Waals surface area contributed by atoms with Crippen LogP contribution in [-0.2, 0) is 0 Å². The minimum absolute atomic E-state index is 0.238. The lowest BCUT2D eigenvalue weighted by molar-refractivity contribution is 0.631. The molecule has 0 amide bonds. The smallest absolute Gasteiger partial charge is 0.187 e. The van der Waals surface area contributed by atoms with Crippen molar-refractivity contribution >= 4 is 50.8 Å². The van der Waals surface area contributed by atoms with Gasteiger partial charge in [0.1, 0.15) is 5.82 Å². The molecule has 15 heavy (non-hydrogen) atoms. The maximum absolute atomic E-state index is 13.4. The molecule has 0 radical (unpaired) electrons. The summed E-state index contributed by atoms with van der Waals surface area (Å²) >= 11 is 9.85. The van der Waals surface area contributed by atoms with Crippen molar-refractivity contribution in [2.24, 2.45) is 0 Å². The van der Waals surface area contributed by atoms with Crippen molar-refractivity contribution in [3.63, 3.8) is 0 Å². The van der Waals surface area contributed by atoms with E-state index >= 15 is 0 Å². The Balaban J connectivity index is 2.29. The van der Waals surface area contributed by atoms with Gasteiger partial charge in [0.25, 0.3) is 0 Å². The molecule has 0 fully saturated rings. The van der Waals surface area contributed by atoms with E-state index in [1.165, 1.54) is 6.07 Å². The maximum Gasteiger partial charge on any atom is 0.187 e. The summed E-state index contributed by atoms with van der Waals surface area (Å²) in [4.78, 5) is 0. The molecule has 0 aliphatic carbocycles. The Morgan fingerprint density at radius 3 is 2.80 bits per heavy atom. The van der Waals surface area contributed by atoms with Crippen LogP contribution in [0.25, 0.3) is 0 Å². The fourth-order valence-corrected chi connectivity index (χ4v) is 1.95. The molecule has 1 aromatic heterocycles. The Morgan fingerprint density at radius 2 is 2.20 bits per heavy atom. The molecule has 0 aliphatic rings. The molecule has 78 valence electrons. The quantitative estimate of drug-likeness (QED) is 0.916. The second kappa shape index (κ2) is 4.42. The van der Waals surface area contributed by atoms with E-state index in [1.807, 2.05) is 0 Å². The Labute approximate surface area is 103 Å². The topological polar surface area (TPSA) is 37.8 Å². The lowest BCUT2D eigenvalue weighted by atomic mass is 10.3. The van der Waals surface area contributed by atoms with Crippen LogP contribution in [0.15, 0.2) is 22.7 Å². The predicted molar refractivity (Wildman–Crippen MR) is 62.3 cm³/mol. The van der Waals surface area contributed by atoms with Gasteiger partial charge in [-0.1, -0.05) is 27.5 Å². The molecule has 1 aromatic carbocycles. The van der Waals surface area contributed by atoms with Gasteiger partial charge in [-0.3, -0.25) is 0 Å². The molecule has 0 saturated heterocycles. The molecule has 3 nitrogen and oxygen atoms in total. The first-order valence-corrected chi connectivity index (χ1v) is 5.77. The van der Waals surface area contributed by atoms with E-state index in [-0.39, 0.29) is 11.0 Å². The third-order valence-electron chi connectivity index (χ3n) is 1.63. The molecule has 2 aromatic rings. The van der Waals surface area contributed by atoms with Crippen molar-refractivity contribution in [3.8, 4) is 0 Å². The molecular weight excluding hydrogens is 305 g/mol. The van der Waals surface area contributed by atoms with E-state index in [0.29, 0.717) is 16.0 Å². The number of nitrogens with one attached hydrogen (secondary N) is 1. The fourth-order valence-electron chi connectivity index (χ4n) is 0.971. The summed E-state index contributed by atoms with van der Waals surface area (Å²) < 4.78 is 21.7. The highest BCUT2D eigenvalue weighted by Crippen LogP contribution is 2.26. The minimum atomic E-state index is -0.381. The van der Waals surface area contributed by atoms with Gasteiger partial charge in [-0.05, 0) is 18.2 Å². The number of anilines is 2. The number of aromatic nitrogens is 2. The summed E-state index contributed by atoms with van der Waals surface area (Å²) in [6.07, 6.45) is 0. The van der Waals surface area contributed by atoms with Crippen molar-refractivity contribution in [2.75, 3.05) is 5.32 Å². The highest BCUT2D eigenvalue weighted by Gasteiger charge is 2.08. The minimum Gasteiger partial charge on any atom is -0.334 e. The molecule has 7 heteroatoms. The molecule has 0 bridgehead atoms. The van der Waals surface area contributed by atoms with E-state index in [4.69, 9.17) is 11.6 Å². The van der Waals surface area contributed by atoms with Crippen LogP contribution < -0.4 is 5.32 Å². The van der Waals surface area contributed by atoms with Crippen molar-refractivity contribution < 1.29 is 4.39 Å². The summed E-state index contributed by atoms with van der Waals surface area (Å²) in [5.41, 5.74) is 0.313. The Morgan fingerprint density at radius 1 is 1.40 bits per heavy atom. The van der Waals surface area contributed by atoms with Gasteiger partial charge in [-0.25, -0.2) is 4.39 Å². The number of hydrogen-bond donors (Lipinski definition) is 1. The van der Waals surface area contributed by atoms with Crippen molar-refractivity contribution in [1.29, 1.82) is 0 Å². The fraction of sp³-hybridized carbons (Fsp3) is 0. The first-order valence-electron chi connectivity index (χ1n) is 3.87. The SMILES string of the molecule is Fc1cc(Br)ccc1Nc1nsnc1Cl. The zero-order valence-electron chi connectivity index (χ0n) is 7.17. The van der Waals surface area contributed by atoms with E-state index in [2.05, 4.69) is 30.0 Å². The summed E-state index contributed by atoms with van der Waals surface area (Å²) in [5.74, 6) is -0.0173. The monoisotopic (exact) mass is 307 g/mol. The van der Waals surface area contributed by atoms with E-state index in [0.717, 1.165) is 11.7 Å². The second-order valence-corrected chi connectivity index (χ2v) is 4.45. The van der Waals surface area contributed by atoms with Crippen molar-refractivity contribution in [2.45, 2.75) is 0 Å². The summed E-state index contributed by atoms with van der Waals surface area (Å²) in [7, 11) is 0. The van der Waals surface area contributed by atoms with Gasteiger partial charge in [0.15, 0.2) is 11.0 Å². The zero-order chi connectivity index (χ0) is 10.8. The lowest BCUT2D eigenvalue weighted by Gasteiger charge is -2.04. The largest absolute Gasteiger partial charge is 0.334 e. The predicted octanol–water partition coefficient (Wildman–Crippen LogP) is 3.84. The average molecular weight is 309 g/mol. The molecule has 0 unspecified atom stereocenters. The Kier molecular flexibility index (Phi) is 3.18. The molecule has 0 saturated carbocycles. The molecule has 1 heterocycles. The number of benzene rings is 1. The van der Waals surface area contributed by atoms with Crippen LogP contribution in [0.1, 0.15) is 0 Å². The highest BCUT2D eigenvalue weighted by atomic mass is 79.9. The van der Waals surface area contributed by atoms with Gasteiger partial charge in [-0.15, -0.1) is 0 Å². The number of nitrogens with zero attached hydrogens (tertiary/aromatic N) is 2. The summed E-state index contributed by atoms with van der Waals surface area (Å²) in [6, 6.07) is 4.67. The third kappa shape index (κ3) is 2.45. The first kappa shape index (κ1) is 10.8. The van der Waals surface area contributed by atoms with Gasteiger partial charge in [0, 0.05) is 4.47 Å². The third-order valence-corrected chi connectivity index (χ3v) is 3.02. The van der Waals surface area contributed by atoms with Crippen molar-refractivity contribution in [3.05, 3.63) is 33.6 Å². The van der Waals surface area contributed by atoms with E-state index in [1.54, 1.807) is 12.1 Å². The average Bonchev–Trinajstić information content (AvgIpc) is 2.57. The van der Waals surface area contributed by atoms with Crippen LogP contribution in [0.5, 0.6) is 0 Å². The van der Waals surface area contributed by atoms with E-state index in [9.17, 15) is 4.39 Å².